The molecule has 2 fully saturated rings. The molecule has 0 N–H and O–H groups in total. The highest BCUT2D eigenvalue weighted by molar-refractivity contribution is 5.51. The van der Waals surface area contributed by atoms with E-state index in [1.54, 1.807) is 12.3 Å². The van der Waals surface area contributed by atoms with Gasteiger partial charge in [-0.05, 0) is 18.8 Å². The smallest absolute Gasteiger partial charge is 0.268 e. The normalized spacial score (nSPS) is 18.9. The molecule has 0 atom stereocenters. The molecule has 1 aliphatic carbocycles. The lowest BCUT2D eigenvalue weighted by Crippen LogP contribution is -2.31. The highest BCUT2D eigenvalue weighted by Crippen LogP contribution is 2.44. The lowest BCUT2D eigenvalue weighted by atomic mass is 9.97. The van der Waals surface area contributed by atoms with E-state index in [1.165, 1.54) is 0 Å². The molecule has 2 aliphatic rings. The average molecular weight is 359 g/mol. The summed E-state index contributed by atoms with van der Waals surface area (Å²) < 4.78 is 17.9. The maximum Gasteiger partial charge on any atom is 0.268 e. The summed E-state index contributed by atoms with van der Waals surface area (Å²) in [6.45, 7) is 7.40. The Balaban J connectivity index is 1.68. The first-order valence-corrected chi connectivity index (χ1v) is 9.28. The van der Waals surface area contributed by atoms with Crippen molar-refractivity contribution in [1.29, 1.82) is 0 Å². The van der Waals surface area contributed by atoms with Crippen LogP contribution >= 0.6 is 0 Å². The number of hydrogen-bond donors (Lipinski definition) is 0. The third kappa shape index (κ3) is 3.53. The van der Waals surface area contributed by atoms with Gasteiger partial charge in [-0.3, -0.25) is 0 Å². The van der Waals surface area contributed by atoms with E-state index in [9.17, 15) is 5.21 Å². The molecule has 0 spiro atoms. The molecule has 2 aromatic rings. The minimum Gasteiger partial charge on any atom is -0.618 e. The number of rotatable bonds is 4. The van der Waals surface area contributed by atoms with E-state index >= 15 is 0 Å². The molecule has 1 saturated heterocycles. The molecule has 140 valence electrons. The fraction of sp³-hybridized carbons (Fsp3) is 0.632. The zero-order valence-electron chi connectivity index (χ0n) is 15.5. The first-order valence-electron chi connectivity index (χ1n) is 9.28. The molecule has 4 rings (SSSR count). The van der Waals surface area contributed by atoms with E-state index < -0.39 is 0 Å². The van der Waals surface area contributed by atoms with Crippen molar-refractivity contribution in [1.82, 2.24) is 10.1 Å². The van der Waals surface area contributed by atoms with Crippen molar-refractivity contribution in [2.24, 2.45) is 0 Å². The van der Waals surface area contributed by atoms with E-state index in [-0.39, 0.29) is 11.5 Å². The Bertz CT molecular complexity index is 787. The number of ether oxygens (including phenoxy) is 2. The first-order chi connectivity index (χ1) is 12.4. The van der Waals surface area contributed by atoms with Crippen LogP contribution in [0.3, 0.4) is 0 Å². The van der Waals surface area contributed by atoms with Gasteiger partial charge in [0.1, 0.15) is 11.9 Å². The zero-order valence-corrected chi connectivity index (χ0v) is 15.5. The molecule has 0 amide bonds. The third-order valence-electron chi connectivity index (χ3n) is 4.82. The average Bonchev–Trinajstić information content (AvgIpc) is 3.32. The van der Waals surface area contributed by atoms with Gasteiger partial charge in [-0.15, -0.1) is 0 Å². The topological polar surface area (TPSA) is 84.3 Å². The summed E-state index contributed by atoms with van der Waals surface area (Å²) in [5.41, 5.74) is 1.07. The Labute approximate surface area is 152 Å². The molecule has 2 aromatic heterocycles. The fourth-order valence-electron chi connectivity index (χ4n) is 3.10. The van der Waals surface area contributed by atoms with Gasteiger partial charge in [0.2, 0.25) is 5.89 Å². The van der Waals surface area contributed by atoms with E-state index in [0.29, 0.717) is 36.5 Å². The third-order valence-corrected chi connectivity index (χ3v) is 4.82. The molecular weight excluding hydrogens is 334 g/mol. The Kier molecular flexibility index (Phi) is 4.34. The van der Waals surface area contributed by atoms with Crippen LogP contribution in [0.25, 0.3) is 11.5 Å². The largest absolute Gasteiger partial charge is 0.618 e. The molecule has 0 unspecified atom stereocenters. The molecule has 0 aromatic carbocycles. The predicted octanol–water partition coefficient (Wildman–Crippen LogP) is 3.10. The van der Waals surface area contributed by atoms with Gasteiger partial charge in [-0.2, -0.15) is 9.71 Å². The molecule has 0 bridgehead atoms. The van der Waals surface area contributed by atoms with Crippen LogP contribution < -0.4 is 9.47 Å². The van der Waals surface area contributed by atoms with Gasteiger partial charge < -0.3 is 19.2 Å². The van der Waals surface area contributed by atoms with Crippen LogP contribution in [0.2, 0.25) is 0 Å². The summed E-state index contributed by atoms with van der Waals surface area (Å²) in [5, 5.41) is 16.6. The highest BCUT2D eigenvalue weighted by atomic mass is 16.5. The number of hydrogen-bond acceptors (Lipinski definition) is 6. The van der Waals surface area contributed by atoms with Crippen molar-refractivity contribution >= 4 is 0 Å². The van der Waals surface area contributed by atoms with Crippen LogP contribution in [-0.2, 0) is 10.2 Å². The molecule has 0 radical (unpaired) electrons. The van der Waals surface area contributed by atoms with Crippen molar-refractivity contribution in [3.8, 4) is 17.3 Å². The van der Waals surface area contributed by atoms with Gasteiger partial charge >= 0.3 is 0 Å². The van der Waals surface area contributed by atoms with Crippen LogP contribution in [0.4, 0.5) is 0 Å². The van der Waals surface area contributed by atoms with Crippen molar-refractivity contribution in [3.05, 3.63) is 28.9 Å². The first kappa shape index (κ1) is 17.3. The van der Waals surface area contributed by atoms with Crippen LogP contribution in [0.15, 0.2) is 16.8 Å². The van der Waals surface area contributed by atoms with E-state index in [4.69, 9.17) is 14.0 Å². The minimum absolute atomic E-state index is 0.118. The SMILES string of the molecule is CC(C)(C)c1nc(-c2cc(OC3CCOCC3)c(C3CC3)c[n+]2[O-])no1. The van der Waals surface area contributed by atoms with E-state index in [2.05, 4.69) is 10.1 Å². The maximum absolute atomic E-state index is 12.6. The van der Waals surface area contributed by atoms with Gasteiger partial charge in [0.15, 0.2) is 6.20 Å². The lowest BCUT2D eigenvalue weighted by Gasteiger charge is -2.24. The Morgan fingerprint density at radius 2 is 1.92 bits per heavy atom. The molecule has 1 aliphatic heterocycles. The second-order valence-corrected chi connectivity index (χ2v) is 8.18. The highest BCUT2D eigenvalue weighted by Gasteiger charge is 2.33. The summed E-state index contributed by atoms with van der Waals surface area (Å²) in [6.07, 6.45) is 5.66. The van der Waals surface area contributed by atoms with Gasteiger partial charge in [-0.1, -0.05) is 25.9 Å². The summed E-state index contributed by atoms with van der Waals surface area (Å²) in [7, 11) is 0. The van der Waals surface area contributed by atoms with Crippen molar-refractivity contribution in [2.75, 3.05) is 13.2 Å². The van der Waals surface area contributed by atoms with Crippen LogP contribution in [0.5, 0.6) is 5.75 Å². The van der Waals surface area contributed by atoms with Crippen molar-refractivity contribution in [3.63, 3.8) is 0 Å². The second-order valence-electron chi connectivity index (χ2n) is 8.18. The molecule has 3 heterocycles. The monoisotopic (exact) mass is 359 g/mol. The van der Waals surface area contributed by atoms with Crippen LogP contribution in [0.1, 0.15) is 63.8 Å². The standard InChI is InChI=1S/C19H25N3O4/c1-19(2,3)18-20-17(21-26-18)15-10-16(25-13-6-8-24-9-7-13)14(11-22(15)23)12-4-5-12/h10-13H,4-9H2,1-3H3. The Hall–Kier alpha value is -2.15. The Morgan fingerprint density at radius 3 is 2.54 bits per heavy atom. The maximum atomic E-state index is 12.6. The van der Waals surface area contributed by atoms with E-state index in [0.717, 1.165) is 41.7 Å². The van der Waals surface area contributed by atoms with Gasteiger partial charge in [-0.25, -0.2) is 0 Å². The molecule has 26 heavy (non-hydrogen) atoms. The van der Waals surface area contributed by atoms with Gasteiger partial charge in [0, 0.05) is 18.3 Å². The quantitative estimate of drug-likeness (QED) is 0.616. The fourth-order valence-corrected chi connectivity index (χ4v) is 3.10. The van der Waals surface area contributed by atoms with Crippen molar-refractivity contribution in [2.45, 2.75) is 63.9 Å². The molecule has 7 nitrogen and oxygen atoms in total. The van der Waals surface area contributed by atoms with Crippen LogP contribution in [0, 0.1) is 5.21 Å². The Morgan fingerprint density at radius 1 is 1.19 bits per heavy atom. The van der Waals surface area contributed by atoms with Crippen molar-refractivity contribution < 1.29 is 18.7 Å². The van der Waals surface area contributed by atoms with E-state index in [1.807, 2.05) is 20.8 Å². The van der Waals surface area contributed by atoms with Crippen LogP contribution in [-0.4, -0.2) is 29.5 Å². The number of aromatic nitrogens is 3. The molecule has 1 saturated carbocycles. The predicted molar refractivity (Wildman–Crippen MR) is 93.8 cm³/mol. The second kappa shape index (κ2) is 6.54. The summed E-state index contributed by atoms with van der Waals surface area (Å²) in [6, 6.07) is 1.77. The van der Waals surface area contributed by atoms with Gasteiger partial charge in [0.25, 0.3) is 11.5 Å². The summed E-state index contributed by atoms with van der Waals surface area (Å²) in [4.78, 5) is 4.42. The lowest BCUT2D eigenvalue weighted by molar-refractivity contribution is -0.594. The molecule has 7 heteroatoms. The number of pyridine rings is 1. The molecular formula is C19H25N3O4. The van der Waals surface area contributed by atoms with Gasteiger partial charge in [0.05, 0.1) is 24.8 Å². The zero-order chi connectivity index (χ0) is 18.3. The number of nitrogens with zero attached hydrogens (tertiary/aromatic N) is 3. The minimum atomic E-state index is -0.269. The summed E-state index contributed by atoms with van der Waals surface area (Å²) >= 11 is 0. The summed E-state index contributed by atoms with van der Waals surface area (Å²) in [5.74, 6) is 1.98.